The third-order valence-electron chi connectivity index (χ3n) is 2.43. The Morgan fingerprint density at radius 1 is 0.750 bits per heavy atom. The summed E-state index contributed by atoms with van der Waals surface area (Å²) in [5, 5.41) is 7.62. The fourth-order valence-electron chi connectivity index (χ4n) is 1.57. The minimum atomic E-state index is -0.497. The van der Waals surface area contributed by atoms with Crippen molar-refractivity contribution in [2.24, 2.45) is 10.2 Å². The Morgan fingerprint density at radius 2 is 1.25 bits per heavy atom. The van der Waals surface area contributed by atoms with Crippen LogP contribution in [0, 0.1) is 0 Å². The molecule has 20 heavy (non-hydrogen) atoms. The van der Waals surface area contributed by atoms with Gasteiger partial charge in [0.2, 0.25) is 0 Å². The van der Waals surface area contributed by atoms with E-state index in [4.69, 9.17) is 0 Å². The molecule has 2 aliphatic rings. The van der Waals surface area contributed by atoms with Crippen LogP contribution in [0.3, 0.4) is 0 Å². The fourth-order valence-corrected chi connectivity index (χ4v) is 1.57. The van der Waals surface area contributed by atoms with E-state index in [1.807, 2.05) is 0 Å². The highest BCUT2D eigenvalue weighted by Gasteiger charge is 2.17. The van der Waals surface area contributed by atoms with Crippen molar-refractivity contribution in [2.75, 3.05) is 0 Å². The number of carbonyl (C=O) groups is 2. The molecule has 0 unspecified atom stereocenters. The van der Waals surface area contributed by atoms with Crippen molar-refractivity contribution in [3.63, 3.8) is 0 Å². The van der Waals surface area contributed by atoms with Crippen molar-refractivity contribution in [3.05, 3.63) is 35.4 Å². The first-order valence-corrected chi connectivity index (χ1v) is 5.52. The third-order valence-corrected chi connectivity index (χ3v) is 2.43. The van der Waals surface area contributed by atoms with E-state index >= 15 is 0 Å². The second kappa shape index (κ2) is 4.76. The van der Waals surface area contributed by atoms with Gasteiger partial charge in [-0.25, -0.2) is 31.3 Å². The number of nitrogens with zero attached hydrogens (tertiary/aromatic N) is 4. The second-order valence-corrected chi connectivity index (χ2v) is 3.78. The van der Waals surface area contributed by atoms with Crippen LogP contribution in [0.25, 0.3) is 0 Å². The Morgan fingerprint density at radius 3 is 1.65 bits per heavy atom. The molecule has 2 aliphatic heterocycles. The van der Waals surface area contributed by atoms with Crippen LogP contribution in [-0.4, -0.2) is 23.7 Å². The van der Waals surface area contributed by atoms with E-state index < -0.39 is 12.1 Å². The molecule has 0 aliphatic carbocycles. The van der Waals surface area contributed by atoms with Crippen LogP contribution in [0.15, 0.2) is 34.5 Å². The lowest BCUT2D eigenvalue weighted by Crippen LogP contribution is -2.47. The maximum Gasteiger partial charge on any atom is 0.355 e. The van der Waals surface area contributed by atoms with E-state index in [1.165, 1.54) is 0 Å². The number of hydrazone groups is 2. The number of rotatable bonds is 2. The standard InChI is InChI=1S/C10H8N8O2/c19-9-15-11-7(12-16-9)5-2-1-3-6(4-5)8-13-17-10(20)18-14-8/h1-4H,(H2,15,16,19)(H2,17,18,20). The summed E-state index contributed by atoms with van der Waals surface area (Å²) >= 11 is 0. The van der Waals surface area contributed by atoms with Gasteiger partial charge in [0.1, 0.15) is 0 Å². The molecular formula is C10H8N8O2. The highest BCUT2D eigenvalue weighted by Crippen LogP contribution is 2.08. The second-order valence-electron chi connectivity index (χ2n) is 3.78. The lowest BCUT2D eigenvalue weighted by molar-refractivity contribution is 0.236. The van der Waals surface area contributed by atoms with Gasteiger partial charge in [0.25, 0.3) is 0 Å². The lowest BCUT2D eigenvalue weighted by atomic mass is 10.1. The zero-order valence-electron chi connectivity index (χ0n) is 9.91. The number of amidine groups is 2. The fraction of sp³-hybridized carbons (Fsp3) is 0. The third kappa shape index (κ3) is 2.29. The summed E-state index contributed by atoms with van der Waals surface area (Å²) in [5.74, 6) is 0.639. The van der Waals surface area contributed by atoms with Crippen LogP contribution >= 0.6 is 0 Å². The van der Waals surface area contributed by atoms with Crippen LogP contribution in [0.5, 0.6) is 0 Å². The number of nitrogens with one attached hydrogen (secondary N) is 4. The minimum absolute atomic E-state index is 0.319. The maximum absolute atomic E-state index is 10.9. The molecule has 4 N–H and O–H groups in total. The first-order valence-electron chi connectivity index (χ1n) is 5.52. The van der Waals surface area contributed by atoms with Crippen LogP contribution in [0.1, 0.15) is 11.1 Å². The molecular weight excluding hydrogens is 264 g/mol. The minimum Gasteiger partial charge on any atom is -0.245 e. The van der Waals surface area contributed by atoms with Gasteiger partial charge >= 0.3 is 12.1 Å². The molecule has 0 spiro atoms. The van der Waals surface area contributed by atoms with Crippen molar-refractivity contribution < 1.29 is 9.59 Å². The lowest BCUT2D eigenvalue weighted by Gasteiger charge is -2.15. The predicted molar refractivity (Wildman–Crippen MR) is 67.1 cm³/mol. The highest BCUT2D eigenvalue weighted by atomic mass is 16.2. The Hall–Kier alpha value is -3.30. The number of hydrogen-bond acceptors (Lipinski definition) is 4. The Kier molecular flexibility index (Phi) is 2.80. The smallest absolute Gasteiger partial charge is 0.245 e. The summed E-state index contributed by atoms with van der Waals surface area (Å²) in [6.45, 7) is 0. The number of carbonyl (C=O) groups excluding carboxylic acids is 2. The van der Waals surface area contributed by atoms with Gasteiger partial charge in [0, 0.05) is 11.1 Å². The molecule has 10 heteroatoms. The quantitative estimate of drug-likeness (QED) is 0.531. The molecule has 4 amide bonds. The van der Waals surface area contributed by atoms with Gasteiger partial charge < -0.3 is 0 Å². The van der Waals surface area contributed by atoms with Crippen molar-refractivity contribution in [1.82, 2.24) is 32.6 Å². The molecule has 0 atom stereocenters. The van der Waals surface area contributed by atoms with Crippen molar-refractivity contribution in [2.45, 2.75) is 0 Å². The highest BCUT2D eigenvalue weighted by molar-refractivity contribution is 6.05. The molecule has 0 aromatic heterocycles. The summed E-state index contributed by atoms with van der Waals surface area (Å²) in [6, 6.07) is 6.02. The summed E-state index contributed by atoms with van der Waals surface area (Å²) in [5.41, 5.74) is 18.0. The zero-order valence-corrected chi connectivity index (χ0v) is 9.91. The Bertz CT molecular complexity index is 587. The number of hydrogen-bond donors (Lipinski definition) is 4. The van der Waals surface area contributed by atoms with Crippen LogP contribution in [0.4, 0.5) is 9.59 Å². The molecule has 10 nitrogen and oxygen atoms in total. The monoisotopic (exact) mass is 272 g/mol. The van der Waals surface area contributed by atoms with Gasteiger partial charge in [-0.2, -0.15) is 0 Å². The molecule has 2 radical (unpaired) electrons. The Labute approximate surface area is 112 Å². The molecule has 100 valence electrons. The largest absolute Gasteiger partial charge is 0.355 e. The average Bonchev–Trinajstić information content (AvgIpc) is 2.49. The van der Waals surface area contributed by atoms with E-state index in [2.05, 4.69) is 42.8 Å². The van der Waals surface area contributed by atoms with Gasteiger partial charge in [-0.1, -0.05) is 18.2 Å². The van der Waals surface area contributed by atoms with Gasteiger partial charge in [-0.15, -0.1) is 21.1 Å². The van der Waals surface area contributed by atoms with Gasteiger partial charge in [-0.3, -0.25) is 0 Å². The number of amides is 4. The molecule has 3 rings (SSSR count). The summed E-state index contributed by atoms with van der Waals surface area (Å²) in [7, 11) is 0. The van der Waals surface area contributed by atoms with E-state index in [-0.39, 0.29) is 0 Å². The van der Waals surface area contributed by atoms with E-state index in [0.717, 1.165) is 0 Å². The summed E-state index contributed by atoms with van der Waals surface area (Å²) in [4.78, 5) is 21.8. The maximum atomic E-state index is 10.9. The average molecular weight is 272 g/mol. The zero-order chi connectivity index (χ0) is 13.9. The van der Waals surface area contributed by atoms with E-state index in [1.54, 1.807) is 24.3 Å². The normalized spacial score (nSPS) is 17.2. The van der Waals surface area contributed by atoms with Crippen molar-refractivity contribution >= 4 is 23.7 Å². The first-order chi connectivity index (χ1) is 9.72. The van der Waals surface area contributed by atoms with E-state index in [9.17, 15) is 9.59 Å². The van der Waals surface area contributed by atoms with Crippen LogP contribution in [-0.2, 0) is 0 Å². The first kappa shape index (κ1) is 11.8. The predicted octanol–water partition coefficient (Wildman–Crippen LogP) is -1.33. The SMILES string of the molecule is O=C1N[N]C(c2cccc(C3=NNC(=O)N[N]3)c2)=NN1. The molecule has 1 aromatic rings. The van der Waals surface area contributed by atoms with Gasteiger partial charge in [0.15, 0.2) is 11.7 Å². The van der Waals surface area contributed by atoms with Crippen molar-refractivity contribution in [3.8, 4) is 0 Å². The number of benzene rings is 1. The number of urea groups is 2. The summed E-state index contributed by atoms with van der Waals surface area (Å²) in [6.07, 6.45) is 0. The summed E-state index contributed by atoms with van der Waals surface area (Å²) < 4.78 is 0. The van der Waals surface area contributed by atoms with Gasteiger partial charge in [0.05, 0.1) is 0 Å². The molecule has 0 saturated carbocycles. The molecule has 2 heterocycles. The molecule has 0 fully saturated rings. The van der Waals surface area contributed by atoms with Crippen molar-refractivity contribution in [1.29, 1.82) is 0 Å². The topological polar surface area (TPSA) is 135 Å². The molecule has 0 saturated heterocycles. The Balaban J connectivity index is 1.87. The molecule has 0 bridgehead atoms. The molecule has 1 aromatic carbocycles. The van der Waals surface area contributed by atoms with Crippen LogP contribution in [0.2, 0.25) is 0 Å². The van der Waals surface area contributed by atoms with E-state index in [0.29, 0.717) is 22.8 Å². The van der Waals surface area contributed by atoms with Gasteiger partial charge in [-0.05, 0) is 6.07 Å². The van der Waals surface area contributed by atoms with Crippen LogP contribution < -0.4 is 32.6 Å².